The zero-order valence-electron chi connectivity index (χ0n) is 8.71. The lowest BCUT2D eigenvalue weighted by molar-refractivity contribution is 0.0644. The molecule has 0 aromatic heterocycles. The molecule has 0 aliphatic heterocycles. The van der Waals surface area contributed by atoms with Crippen LogP contribution in [0.2, 0.25) is 0 Å². The highest BCUT2D eigenvalue weighted by atomic mass is 16.5. The molecule has 1 unspecified atom stereocenters. The molecule has 0 aromatic carbocycles. The van der Waals surface area contributed by atoms with Gasteiger partial charge < -0.3 is 20.3 Å². The molecule has 80 valence electrons. The molecule has 0 fully saturated rings. The lowest BCUT2D eigenvalue weighted by Crippen LogP contribution is -2.55. The Labute approximate surface area is 79.9 Å². The Hall–Kier alpha value is -0.160. The van der Waals surface area contributed by atoms with Crippen LogP contribution < -0.4 is 5.32 Å². The van der Waals surface area contributed by atoms with Crippen LogP contribution in [0.4, 0.5) is 0 Å². The SMILES string of the molecule is CCC(CO)(CO)NC(C)COC. The van der Waals surface area contributed by atoms with Crippen molar-refractivity contribution in [3.8, 4) is 0 Å². The number of aliphatic hydroxyl groups excluding tert-OH is 2. The molecule has 4 heteroatoms. The molecule has 13 heavy (non-hydrogen) atoms. The molecule has 1 atom stereocenters. The van der Waals surface area contributed by atoms with E-state index in [-0.39, 0.29) is 19.3 Å². The van der Waals surface area contributed by atoms with Crippen LogP contribution in [0.5, 0.6) is 0 Å². The fraction of sp³-hybridized carbons (Fsp3) is 1.00. The Balaban J connectivity index is 4.07. The molecule has 0 radical (unpaired) electrons. The van der Waals surface area contributed by atoms with Gasteiger partial charge in [0.25, 0.3) is 0 Å². The van der Waals surface area contributed by atoms with Crippen LogP contribution in [-0.2, 0) is 4.74 Å². The van der Waals surface area contributed by atoms with E-state index in [1.807, 2.05) is 13.8 Å². The molecule has 0 aromatic rings. The first-order valence-corrected chi connectivity index (χ1v) is 4.62. The largest absolute Gasteiger partial charge is 0.394 e. The highest BCUT2D eigenvalue weighted by molar-refractivity contribution is 4.87. The van der Waals surface area contributed by atoms with Crippen molar-refractivity contribution < 1.29 is 14.9 Å². The molecule has 0 saturated heterocycles. The summed E-state index contributed by atoms with van der Waals surface area (Å²) in [6.45, 7) is 4.34. The van der Waals surface area contributed by atoms with E-state index in [9.17, 15) is 0 Å². The third kappa shape index (κ3) is 4.04. The van der Waals surface area contributed by atoms with Crippen LogP contribution in [0.3, 0.4) is 0 Å². The summed E-state index contributed by atoms with van der Waals surface area (Å²) in [7, 11) is 1.63. The fourth-order valence-corrected chi connectivity index (χ4v) is 1.28. The van der Waals surface area contributed by atoms with Crippen molar-refractivity contribution in [3.05, 3.63) is 0 Å². The zero-order valence-corrected chi connectivity index (χ0v) is 8.71. The highest BCUT2D eigenvalue weighted by Gasteiger charge is 2.27. The Morgan fingerprint density at radius 1 is 1.38 bits per heavy atom. The number of hydrogen-bond acceptors (Lipinski definition) is 4. The van der Waals surface area contributed by atoms with E-state index < -0.39 is 5.54 Å². The van der Waals surface area contributed by atoms with Gasteiger partial charge in [0, 0.05) is 13.2 Å². The number of methoxy groups -OCH3 is 1. The Bertz CT molecular complexity index is 118. The summed E-state index contributed by atoms with van der Waals surface area (Å²) < 4.78 is 4.96. The molecular formula is C9H21NO3. The number of nitrogens with one attached hydrogen (secondary N) is 1. The van der Waals surface area contributed by atoms with E-state index in [2.05, 4.69) is 5.32 Å². The molecule has 0 aliphatic carbocycles. The first-order chi connectivity index (χ1) is 6.14. The summed E-state index contributed by atoms with van der Waals surface area (Å²) in [4.78, 5) is 0. The van der Waals surface area contributed by atoms with Crippen molar-refractivity contribution in [1.29, 1.82) is 0 Å². The molecule has 0 spiro atoms. The Morgan fingerprint density at radius 3 is 2.23 bits per heavy atom. The number of ether oxygens (including phenoxy) is 1. The second-order valence-electron chi connectivity index (χ2n) is 3.45. The molecule has 3 N–H and O–H groups in total. The van der Waals surface area contributed by atoms with Crippen molar-refractivity contribution in [2.45, 2.75) is 31.8 Å². The molecule has 0 bridgehead atoms. The summed E-state index contributed by atoms with van der Waals surface area (Å²) in [5.41, 5.74) is -0.571. The molecule has 0 aliphatic rings. The quantitative estimate of drug-likeness (QED) is 0.519. The molecular weight excluding hydrogens is 170 g/mol. The Kier molecular flexibility index (Phi) is 6.24. The minimum absolute atomic E-state index is 0.0615. The minimum atomic E-state index is -0.571. The van der Waals surface area contributed by atoms with Crippen LogP contribution in [0.15, 0.2) is 0 Å². The summed E-state index contributed by atoms with van der Waals surface area (Å²) in [5, 5.41) is 21.4. The van der Waals surface area contributed by atoms with E-state index in [1.54, 1.807) is 7.11 Å². The number of aliphatic hydroxyl groups is 2. The monoisotopic (exact) mass is 191 g/mol. The molecule has 0 rings (SSSR count). The molecule has 0 saturated carbocycles. The normalized spacial score (nSPS) is 14.5. The van der Waals surface area contributed by atoms with Gasteiger partial charge in [0.2, 0.25) is 0 Å². The van der Waals surface area contributed by atoms with E-state index >= 15 is 0 Å². The fourth-order valence-electron chi connectivity index (χ4n) is 1.28. The maximum atomic E-state index is 9.13. The predicted octanol–water partition coefficient (Wildman–Crippen LogP) is -0.256. The first-order valence-electron chi connectivity index (χ1n) is 4.62. The van der Waals surface area contributed by atoms with Gasteiger partial charge in [-0.25, -0.2) is 0 Å². The third-order valence-corrected chi connectivity index (χ3v) is 2.25. The standard InChI is InChI=1S/C9H21NO3/c1-4-9(6-11,7-12)10-8(2)5-13-3/h8,10-12H,4-7H2,1-3H3. The average Bonchev–Trinajstić information content (AvgIpc) is 2.15. The van der Waals surface area contributed by atoms with Gasteiger partial charge in [-0.2, -0.15) is 0 Å². The lowest BCUT2D eigenvalue weighted by atomic mass is 9.97. The Morgan fingerprint density at radius 2 is 1.92 bits per heavy atom. The highest BCUT2D eigenvalue weighted by Crippen LogP contribution is 2.09. The van der Waals surface area contributed by atoms with Crippen molar-refractivity contribution in [2.75, 3.05) is 26.9 Å². The minimum Gasteiger partial charge on any atom is -0.394 e. The number of hydrogen-bond donors (Lipinski definition) is 3. The van der Waals surface area contributed by atoms with Crippen LogP contribution in [-0.4, -0.2) is 48.7 Å². The molecule has 4 nitrogen and oxygen atoms in total. The third-order valence-electron chi connectivity index (χ3n) is 2.25. The topological polar surface area (TPSA) is 61.7 Å². The van der Waals surface area contributed by atoms with Gasteiger partial charge >= 0.3 is 0 Å². The van der Waals surface area contributed by atoms with Crippen LogP contribution >= 0.6 is 0 Å². The van der Waals surface area contributed by atoms with E-state index in [0.29, 0.717) is 13.0 Å². The molecule has 0 heterocycles. The van der Waals surface area contributed by atoms with Crippen molar-refractivity contribution in [1.82, 2.24) is 5.32 Å². The van der Waals surface area contributed by atoms with Gasteiger partial charge in [-0.3, -0.25) is 0 Å². The van der Waals surface area contributed by atoms with Gasteiger partial charge in [0.15, 0.2) is 0 Å². The predicted molar refractivity (Wildman–Crippen MR) is 51.7 cm³/mol. The second-order valence-corrected chi connectivity index (χ2v) is 3.45. The van der Waals surface area contributed by atoms with Crippen LogP contribution in [0, 0.1) is 0 Å². The first kappa shape index (κ1) is 12.8. The van der Waals surface area contributed by atoms with Gasteiger partial charge in [-0.05, 0) is 13.3 Å². The van der Waals surface area contributed by atoms with Crippen molar-refractivity contribution in [2.24, 2.45) is 0 Å². The number of rotatable bonds is 7. The van der Waals surface area contributed by atoms with Crippen molar-refractivity contribution >= 4 is 0 Å². The molecule has 0 amide bonds. The van der Waals surface area contributed by atoms with Crippen LogP contribution in [0.25, 0.3) is 0 Å². The van der Waals surface area contributed by atoms with E-state index in [0.717, 1.165) is 0 Å². The maximum Gasteiger partial charge on any atom is 0.0648 e. The average molecular weight is 191 g/mol. The van der Waals surface area contributed by atoms with Gasteiger partial charge in [-0.15, -0.1) is 0 Å². The van der Waals surface area contributed by atoms with E-state index in [1.165, 1.54) is 0 Å². The zero-order chi connectivity index (χ0) is 10.3. The van der Waals surface area contributed by atoms with Gasteiger partial charge in [-0.1, -0.05) is 6.92 Å². The second kappa shape index (κ2) is 6.32. The summed E-state index contributed by atoms with van der Waals surface area (Å²) >= 11 is 0. The van der Waals surface area contributed by atoms with Gasteiger partial charge in [0.05, 0.1) is 25.4 Å². The maximum absolute atomic E-state index is 9.13. The van der Waals surface area contributed by atoms with Crippen molar-refractivity contribution in [3.63, 3.8) is 0 Å². The summed E-state index contributed by atoms with van der Waals surface area (Å²) in [6.07, 6.45) is 0.689. The van der Waals surface area contributed by atoms with Crippen LogP contribution in [0.1, 0.15) is 20.3 Å². The summed E-state index contributed by atoms with van der Waals surface area (Å²) in [6, 6.07) is 0.129. The summed E-state index contributed by atoms with van der Waals surface area (Å²) in [5.74, 6) is 0. The smallest absolute Gasteiger partial charge is 0.0648 e. The van der Waals surface area contributed by atoms with E-state index in [4.69, 9.17) is 14.9 Å². The lowest BCUT2D eigenvalue weighted by Gasteiger charge is -2.33. The van der Waals surface area contributed by atoms with Gasteiger partial charge in [0.1, 0.15) is 0 Å².